The highest BCUT2D eigenvalue weighted by Gasteiger charge is 2.21. The Hall–Kier alpha value is -2.86. The van der Waals surface area contributed by atoms with E-state index in [4.69, 9.17) is 4.42 Å². The van der Waals surface area contributed by atoms with Crippen molar-refractivity contribution in [3.63, 3.8) is 0 Å². The number of pyridine rings is 1. The summed E-state index contributed by atoms with van der Waals surface area (Å²) in [6.45, 7) is 5.75. The monoisotopic (exact) mass is 408 g/mol. The molecule has 0 unspecified atom stereocenters. The molecule has 0 atom stereocenters. The van der Waals surface area contributed by atoms with Crippen molar-refractivity contribution in [3.8, 4) is 0 Å². The van der Waals surface area contributed by atoms with Crippen LogP contribution in [0.2, 0.25) is 0 Å². The SMILES string of the molecule is CCCCN(Cc1ccco1)C(=O)c1cc2c(=O)n(CC)c3ccccc3c2s1. The maximum atomic E-state index is 13.3. The first-order chi connectivity index (χ1) is 14.1. The molecule has 0 saturated heterocycles. The molecule has 0 radical (unpaired) electrons. The number of para-hydroxylation sites is 1. The van der Waals surface area contributed by atoms with Gasteiger partial charge in [0, 0.05) is 23.2 Å². The molecule has 0 N–H and O–H groups in total. The third-order valence-electron chi connectivity index (χ3n) is 5.17. The van der Waals surface area contributed by atoms with Gasteiger partial charge in [-0.3, -0.25) is 9.59 Å². The summed E-state index contributed by atoms with van der Waals surface area (Å²) in [5.41, 5.74) is 0.870. The molecule has 4 rings (SSSR count). The lowest BCUT2D eigenvalue weighted by atomic mass is 10.1. The van der Waals surface area contributed by atoms with Crippen molar-refractivity contribution in [1.29, 1.82) is 0 Å². The molecule has 6 heteroatoms. The van der Waals surface area contributed by atoms with Crippen LogP contribution in [0.5, 0.6) is 0 Å². The molecule has 0 aliphatic carbocycles. The fraction of sp³-hybridized carbons (Fsp3) is 0.304. The number of nitrogens with zero attached hydrogens (tertiary/aromatic N) is 2. The van der Waals surface area contributed by atoms with E-state index in [1.165, 1.54) is 11.3 Å². The molecule has 0 aliphatic rings. The van der Waals surface area contributed by atoms with Crippen molar-refractivity contribution in [2.75, 3.05) is 6.54 Å². The summed E-state index contributed by atoms with van der Waals surface area (Å²) < 4.78 is 8.11. The lowest BCUT2D eigenvalue weighted by molar-refractivity contribution is 0.0734. The van der Waals surface area contributed by atoms with E-state index >= 15 is 0 Å². The molecule has 1 aromatic carbocycles. The van der Waals surface area contributed by atoms with Gasteiger partial charge in [-0.05, 0) is 37.6 Å². The van der Waals surface area contributed by atoms with E-state index < -0.39 is 0 Å². The van der Waals surface area contributed by atoms with Crippen molar-refractivity contribution in [2.24, 2.45) is 0 Å². The number of aryl methyl sites for hydroxylation is 1. The predicted octanol–water partition coefficient (Wildman–Crippen LogP) is 5.27. The largest absolute Gasteiger partial charge is 0.467 e. The summed E-state index contributed by atoms with van der Waals surface area (Å²) in [6, 6.07) is 13.4. The summed E-state index contributed by atoms with van der Waals surface area (Å²) in [6.07, 6.45) is 3.54. The highest BCUT2D eigenvalue weighted by molar-refractivity contribution is 7.21. The smallest absolute Gasteiger partial charge is 0.264 e. The molecule has 1 amide bonds. The summed E-state index contributed by atoms with van der Waals surface area (Å²) in [4.78, 5) is 28.8. The summed E-state index contributed by atoms with van der Waals surface area (Å²) >= 11 is 1.41. The Morgan fingerprint density at radius 1 is 1.14 bits per heavy atom. The topological polar surface area (TPSA) is 55.5 Å². The molecule has 3 aromatic heterocycles. The van der Waals surface area contributed by atoms with E-state index in [0.717, 1.165) is 34.2 Å². The van der Waals surface area contributed by atoms with E-state index in [-0.39, 0.29) is 11.5 Å². The Morgan fingerprint density at radius 3 is 2.69 bits per heavy atom. The van der Waals surface area contributed by atoms with Gasteiger partial charge in [-0.2, -0.15) is 0 Å². The molecule has 3 heterocycles. The number of hydrogen-bond acceptors (Lipinski definition) is 4. The second-order valence-corrected chi connectivity index (χ2v) is 8.13. The normalized spacial score (nSPS) is 11.4. The summed E-state index contributed by atoms with van der Waals surface area (Å²) in [7, 11) is 0. The maximum Gasteiger partial charge on any atom is 0.264 e. The second kappa shape index (κ2) is 8.25. The van der Waals surface area contributed by atoms with Crippen molar-refractivity contribution in [1.82, 2.24) is 9.47 Å². The minimum Gasteiger partial charge on any atom is -0.467 e. The van der Waals surface area contributed by atoms with Crippen LogP contribution in [-0.4, -0.2) is 21.9 Å². The van der Waals surface area contributed by atoms with Crippen LogP contribution < -0.4 is 5.56 Å². The van der Waals surface area contributed by atoms with Gasteiger partial charge >= 0.3 is 0 Å². The molecule has 0 aliphatic heterocycles. The van der Waals surface area contributed by atoms with Gasteiger partial charge in [-0.1, -0.05) is 31.5 Å². The number of thiophene rings is 1. The molecule has 0 spiro atoms. The number of unbranched alkanes of at least 4 members (excludes halogenated alkanes) is 1. The molecule has 4 aromatic rings. The van der Waals surface area contributed by atoms with Crippen LogP contribution in [0.4, 0.5) is 0 Å². The fourth-order valence-corrected chi connectivity index (χ4v) is 4.82. The third kappa shape index (κ3) is 3.60. The zero-order chi connectivity index (χ0) is 20.4. The number of aromatic nitrogens is 1. The number of hydrogen-bond donors (Lipinski definition) is 0. The first-order valence-electron chi connectivity index (χ1n) is 10.0. The number of carbonyl (C=O) groups is 1. The Kier molecular flexibility index (Phi) is 5.53. The predicted molar refractivity (Wildman–Crippen MR) is 118 cm³/mol. The maximum absolute atomic E-state index is 13.3. The van der Waals surface area contributed by atoms with Crippen LogP contribution in [0, 0.1) is 0 Å². The highest BCUT2D eigenvalue weighted by Crippen LogP contribution is 2.31. The standard InChI is InChI=1S/C23H24N2O3S/c1-3-5-12-24(15-16-9-8-13-28-16)23(27)20-14-18-21(29-20)17-10-6-7-11-19(17)25(4-2)22(18)26/h6-11,13-14H,3-5,12,15H2,1-2H3. The second-order valence-electron chi connectivity index (χ2n) is 7.08. The average Bonchev–Trinajstić information content (AvgIpc) is 3.41. The highest BCUT2D eigenvalue weighted by atomic mass is 32.1. The molecule has 29 heavy (non-hydrogen) atoms. The number of benzene rings is 1. The molecule has 0 bridgehead atoms. The van der Waals surface area contributed by atoms with Crippen molar-refractivity contribution >= 4 is 38.2 Å². The lowest BCUT2D eigenvalue weighted by Gasteiger charge is -2.20. The first kappa shape index (κ1) is 19.5. The van der Waals surface area contributed by atoms with Crippen LogP contribution in [0.15, 0.2) is 57.9 Å². The summed E-state index contributed by atoms with van der Waals surface area (Å²) in [5.74, 6) is 0.705. The Balaban J connectivity index is 1.80. The van der Waals surface area contributed by atoms with Gasteiger partial charge in [0.25, 0.3) is 11.5 Å². The molecular formula is C23H24N2O3S. The number of amides is 1. The molecular weight excluding hydrogens is 384 g/mol. The van der Waals surface area contributed by atoms with Crippen LogP contribution in [-0.2, 0) is 13.1 Å². The number of rotatable bonds is 7. The van der Waals surface area contributed by atoms with E-state index in [1.807, 2.05) is 48.2 Å². The van der Waals surface area contributed by atoms with Gasteiger partial charge in [0.2, 0.25) is 0 Å². The fourth-order valence-electron chi connectivity index (χ4n) is 3.67. The minimum atomic E-state index is -0.0532. The van der Waals surface area contributed by atoms with Gasteiger partial charge in [0.05, 0.1) is 28.6 Å². The average molecular weight is 409 g/mol. The van der Waals surface area contributed by atoms with Crippen molar-refractivity contribution in [2.45, 2.75) is 39.8 Å². The summed E-state index contributed by atoms with van der Waals surface area (Å²) in [5, 5.41) is 1.63. The van der Waals surface area contributed by atoms with Crippen molar-refractivity contribution in [3.05, 3.63) is 69.7 Å². The number of carbonyl (C=O) groups excluding carboxylic acids is 1. The van der Waals surface area contributed by atoms with Crippen LogP contribution in [0.3, 0.4) is 0 Å². The Labute approximate surface area is 173 Å². The van der Waals surface area contributed by atoms with Crippen LogP contribution >= 0.6 is 11.3 Å². The number of fused-ring (bicyclic) bond motifs is 3. The van der Waals surface area contributed by atoms with Gasteiger partial charge in [0.1, 0.15) is 5.76 Å². The molecule has 5 nitrogen and oxygen atoms in total. The van der Waals surface area contributed by atoms with Gasteiger partial charge in [-0.25, -0.2) is 0 Å². The van der Waals surface area contributed by atoms with E-state index in [2.05, 4.69) is 6.92 Å². The molecule has 0 saturated carbocycles. The first-order valence-corrected chi connectivity index (χ1v) is 10.8. The van der Waals surface area contributed by atoms with E-state index in [9.17, 15) is 9.59 Å². The zero-order valence-electron chi connectivity index (χ0n) is 16.7. The van der Waals surface area contributed by atoms with Gasteiger partial charge in [-0.15, -0.1) is 11.3 Å². The lowest BCUT2D eigenvalue weighted by Crippen LogP contribution is -2.30. The van der Waals surface area contributed by atoms with Gasteiger partial charge in [0.15, 0.2) is 0 Å². The minimum absolute atomic E-state index is 0.0392. The zero-order valence-corrected chi connectivity index (χ0v) is 17.5. The number of furan rings is 1. The van der Waals surface area contributed by atoms with Crippen LogP contribution in [0.1, 0.15) is 42.1 Å². The van der Waals surface area contributed by atoms with Crippen molar-refractivity contribution < 1.29 is 9.21 Å². The Bertz CT molecular complexity index is 1200. The molecule has 0 fully saturated rings. The molecule has 150 valence electrons. The van der Waals surface area contributed by atoms with Crippen LogP contribution in [0.25, 0.3) is 21.0 Å². The Morgan fingerprint density at radius 2 is 1.97 bits per heavy atom. The van der Waals surface area contributed by atoms with Gasteiger partial charge < -0.3 is 13.9 Å². The third-order valence-corrected chi connectivity index (χ3v) is 6.33. The van der Waals surface area contributed by atoms with E-state index in [1.54, 1.807) is 16.9 Å². The van der Waals surface area contributed by atoms with E-state index in [0.29, 0.717) is 29.9 Å². The quantitative estimate of drug-likeness (QED) is 0.418.